The smallest absolute Gasteiger partial charge is 0.414 e. The summed E-state index contributed by atoms with van der Waals surface area (Å²) in [6.07, 6.45) is -0.793. The number of cyclic esters (lactones) is 1. The molecule has 0 bridgehead atoms. The van der Waals surface area contributed by atoms with E-state index in [2.05, 4.69) is 36.0 Å². The number of pyridine rings is 1. The lowest BCUT2D eigenvalue weighted by molar-refractivity contribution is 0.0916. The van der Waals surface area contributed by atoms with Crippen LogP contribution in [0.5, 0.6) is 0 Å². The lowest BCUT2D eigenvalue weighted by Crippen LogP contribution is -2.46. The molecule has 2 aliphatic rings. The van der Waals surface area contributed by atoms with Gasteiger partial charge >= 0.3 is 6.09 Å². The third-order valence-corrected chi connectivity index (χ3v) is 6.95. The number of piperazine rings is 1. The van der Waals surface area contributed by atoms with Crippen LogP contribution in [0.4, 0.5) is 22.0 Å². The van der Waals surface area contributed by atoms with Crippen LogP contribution in [0.1, 0.15) is 15.9 Å². The molecular formula is C27H28BrN5O3. The number of carbonyl (C=O) groups excluding carboxylic acids is 2. The van der Waals surface area contributed by atoms with Crippen LogP contribution in [0.2, 0.25) is 0 Å². The van der Waals surface area contributed by atoms with Gasteiger partial charge in [-0.05, 0) is 71.4 Å². The van der Waals surface area contributed by atoms with Crippen LogP contribution >= 0.6 is 15.9 Å². The summed E-state index contributed by atoms with van der Waals surface area (Å²) in [4.78, 5) is 35.6. The average molecular weight is 550 g/mol. The Hall–Kier alpha value is -3.59. The van der Waals surface area contributed by atoms with Crippen LogP contribution in [0.25, 0.3) is 0 Å². The molecular weight excluding hydrogens is 522 g/mol. The Kier molecular flexibility index (Phi) is 7.09. The van der Waals surface area contributed by atoms with Crippen molar-refractivity contribution in [1.29, 1.82) is 0 Å². The number of anilines is 3. The average Bonchev–Trinajstić information content (AvgIpc) is 3.28. The largest absolute Gasteiger partial charge is 0.442 e. The number of aryl methyl sites for hydroxylation is 1. The Bertz CT molecular complexity index is 1230. The predicted molar refractivity (Wildman–Crippen MR) is 144 cm³/mol. The molecule has 0 spiro atoms. The van der Waals surface area contributed by atoms with Gasteiger partial charge in [-0.1, -0.05) is 23.8 Å². The highest BCUT2D eigenvalue weighted by Gasteiger charge is 2.32. The van der Waals surface area contributed by atoms with Crippen molar-refractivity contribution in [3.8, 4) is 0 Å². The molecule has 3 heterocycles. The zero-order valence-electron chi connectivity index (χ0n) is 20.1. The van der Waals surface area contributed by atoms with Gasteiger partial charge in [-0.3, -0.25) is 9.69 Å². The number of hydrogen-bond donors (Lipinski definition) is 1. The summed E-state index contributed by atoms with van der Waals surface area (Å²) in [6, 6.07) is 21.3. The second kappa shape index (κ2) is 10.6. The van der Waals surface area contributed by atoms with E-state index in [0.29, 0.717) is 12.1 Å². The number of amides is 2. The van der Waals surface area contributed by atoms with Crippen molar-refractivity contribution in [2.45, 2.75) is 13.0 Å². The summed E-state index contributed by atoms with van der Waals surface area (Å²) in [6.45, 7) is 6.20. The summed E-state index contributed by atoms with van der Waals surface area (Å²) >= 11 is 3.44. The van der Waals surface area contributed by atoms with Crippen molar-refractivity contribution in [3.05, 3.63) is 82.5 Å². The highest BCUT2D eigenvalue weighted by atomic mass is 79.9. The summed E-state index contributed by atoms with van der Waals surface area (Å²) < 4.78 is 6.33. The van der Waals surface area contributed by atoms with E-state index in [0.717, 1.165) is 53.5 Å². The molecule has 3 aromatic rings. The van der Waals surface area contributed by atoms with Gasteiger partial charge in [0.2, 0.25) is 0 Å². The predicted octanol–water partition coefficient (Wildman–Crippen LogP) is 4.23. The molecule has 0 radical (unpaired) electrons. The van der Waals surface area contributed by atoms with Crippen LogP contribution in [-0.4, -0.2) is 62.4 Å². The minimum absolute atomic E-state index is 0.176. The van der Waals surface area contributed by atoms with E-state index in [1.807, 2.05) is 61.5 Å². The van der Waals surface area contributed by atoms with Gasteiger partial charge in [0.15, 0.2) is 0 Å². The Balaban J connectivity index is 1.13. The molecule has 2 fully saturated rings. The maximum Gasteiger partial charge on any atom is 0.414 e. The fraction of sp³-hybridized carbons (Fsp3) is 0.296. The number of aromatic nitrogens is 1. The molecule has 2 aliphatic heterocycles. The van der Waals surface area contributed by atoms with Crippen LogP contribution in [0.15, 0.2) is 71.3 Å². The molecule has 0 aliphatic carbocycles. The fourth-order valence-electron chi connectivity index (χ4n) is 4.46. The molecule has 9 heteroatoms. The van der Waals surface area contributed by atoms with E-state index in [4.69, 9.17) is 4.74 Å². The second-order valence-corrected chi connectivity index (χ2v) is 9.81. The van der Waals surface area contributed by atoms with Crippen LogP contribution in [0, 0.1) is 6.92 Å². The molecule has 0 saturated carbocycles. The van der Waals surface area contributed by atoms with Gasteiger partial charge in [0.25, 0.3) is 5.91 Å². The van der Waals surface area contributed by atoms with Crippen molar-refractivity contribution in [3.63, 3.8) is 0 Å². The minimum atomic E-state index is -0.397. The maximum absolute atomic E-state index is 12.5. The van der Waals surface area contributed by atoms with Gasteiger partial charge in [0, 0.05) is 43.1 Å². The first-order chi connectivity index (χ1) is 17.5. The van der Waals surface area contributed by atoms with Gasteiger partial charge < -0.3 is 19.9 Å². The highest BCUT2D eigenvalue weighted by Crippen LogP contribution is 2.26. The molecule has 8 nitrogen and oxygen atoms in total. The molecule has 5 rings (SSSR count). The standard InChI is InChI=1S/C27H28BrN5O3/c1-19-5-7-20(8-6-19)26(34)29-17-23-18-33(27(35)36-23)22-11-9-21(10-12-22)31-13-15-32(16-14-31)25-4-2-3-24(28)30-25/h2-12,23H,13-18H2,1H3,(H,29,34)/t23-/m0/s1. The SMILES string of the molecule is Cc1ccc(C(=O)NC[C@H]2CN(c3ccc(N4CCN(c5cccc(Br)n5)CC4)cc3)C(=O)O2)cc1. The van der Waals surface area contributed by atoms with E-state index >= 15 is 0 Å². The lowest BCUT2D eigenvalue weighted by Gasteiger charge is -2.36. The molecule has 1 N–H and O–H groups in total. The molecule has 186 valence electrons. The van der Waals surface area contributed by atoms with Gasteiger partial charge in [0.1, 0.15) is 16.5 Å². The number of hydrogen-bond acceptors (Lipinski definition) is 6. The first-order valence-electron chi connectivity index (χ1n) is 12.0. The normalized spacial score (nSPS) is 17.8. The zero-order valence-corrected chi connectivity index (χ0v) is 21.6. The summed E-state index contributed by atoms with van der Waals surface area (Å²) in [5.41, 5.74) is 3.59. The number of nitrogens with zero attached hydrogens (tertiary/aromatic N) is 4. The Morgan fingerprint density at radius 2 is 1.64 bits per heavy atom. The molecule has 1 atom stereocenters. The van der Waals surface area contributed by atoms with Crippen LogP contribution in [0.3, 0.4) is 0 Å². The zero-order chi connectivity index (χ0) is 25.1. The number of halogens is 1. The van der Waals surface area contributed by atoms with Crippen molar-refractivity contribution in [2.24, 2.45) is 0 Å². The van der Waals surface area contributed by atoms with Crippen LogP contribution < -0.4 is 20.0 Å². The third kappa shape index (κ3) is 5.46. The summed E-state index contributed by atoms with van der Waals surface area (Å²) in [7, 11) is 0. The number of rotatable bonds is 6. The molecule has 1 aromatic heterocycles. The second-order valence-electron chi connectivity index (χ2n) is 9.00. The molecule has 36 heavy (non-hydrogen) atoms. The van der Waals surface area contributed by atoms with E-state index in [9.17, 15) is 9.59 Å². The maximum atomic E-state index is 12.5. The van der Waals surface area contributed by atoms with Crippen LogP contribution in [-0.2, 0) is 4.74 Å². The van der Waals surface area contributed by atoms with Crippen molar-refractivity contribution >= 4 is 45.1 Å². The lowest BCUT2D eigenvalue weighted by atomic mass is 10.1. The third-order valence-electron chi connectivity index (χ3n) is 6.51. The molecule has 0 unspecified atom stereocenters. The number of benzene rings is 2. The van der Waals surface area contributed by atoms with Gasteiger partial charge in [0.05, 0.1) is 13.1 Å². The number of ether oxygens (including phenoxy) is 1. The van der Waals surface area contributed by atoms with E-state index in [-0.39, 0.29) is 12.5 Å². The number of nitrogens with one attached hydrogen (secondary N) is 1. The van der Waals surface area contributed by atoms with Gasteiger partial charge in [-0.2, -0.15) is 0 Å². The Morgan fingerprint density at radius 1 is 0.972 bits per heavy atom. The molecule has 2 aromatic carbocycles. The Morgan fingerprint density at radius 3 is 2.33 bits per heavy atom. The topological polar surface area (TPSA) is 78.0 Å². The van der Waals surface area contributed by atoms with Crippen molar-refractivity contribution < 1.29 is 14.3 Å². The van der Waals surface area contributed by atoms with Gasteiger partial charge in [-0.15, -0.1) is 0 Å². The highest BCUT2D eigenvalue weighted by molar-refractivity contribution is 9.10. The summed E-state index contributed by atoms with van der Waals surface area (Å²) in [5.74, 6) is 0.807. The first-order valence-corrected chi connectivity index (χ1v) is 12.8. The summed E-state index contributed by atoms with van der Waals surface area (Å²) in [5, 5.41) is 2.86. The number of carbonyl (C=O) groups is 2. The van der Waals surface area contributed by atoms with E-state index in [1.54, 1.807) is 17.0 Å². The van der Waals surface area contributed by atoms with E-state index in [1.165, 1.54) is 0 Å². The van der Waals surface area contributed by atoms with Crippen molar-refractivity contribution in [1.82, 2.24) is 10.3 Å². The minimum Gasteiger partial charge on any atom is -0.442 e. The van der Waals surface area contributed by atoms with Gasteiger partial charge in [-0.25, -0.2) is 9.78 Å². The Labute approximate surface area is 219 Å². The molecule has 2 amide bonds. The first kappa shape index (κ1) is 24.1. The van der Waals surface area contributed by atoms with Crippen molar-refractivity contribution in [2.75, 3.05) is 54.0 Å². The molecule has 2 saturated heterocycles. The van der Waals surface area contributed by atoms with E-state index < -0.39 is 12.2 Å². The fourth-order valence-corrected chi connectivity index (χ4v) is 4.80. The quantitative estimate of drug-likeness (QED) is 0.463. The monoisotopic (exact) mass is 549 g/mol.